The van der Waals surface area contributed by atoms with Gasteiger partial charge in [-0.1, -0.05) is 0 Å². The zero-order valence-corrected chi connectivity index (χ0v) is 10.6. The van der Waals surface area contributed by atoms with E-state index in [0.29, 0.717) is 5.96 Å². The van der Waals surface area contributed by atoms with E-state index in [9.17, 15) is 0 Å². The third-order valence-corrected chi connectivity index (χ3v) is 3.03. The molecule has 1 aliphatic heterocycles. The minimum atomic E-state index is 0.176. The van der Waals surface area contributed by atoms with Crippen molar-refractivity contribution in [3.05, 3.63) is 0 Å². The van der Waals surface area contributed by atoms with E-state index >= 15 is 0 Å². The lowest BCUT2D eigenvalue weighted by Gasteiger charge is -2.45. The lowest BCUT2D eigenvalue weighted by atomic mass is 10.00. The highest BCUT2D eigenvalue weighted by Gasteiger charge is 2.31. The Balaban J connectivity index is 2.67. The molecule has 0 aromatic heterocycles. The summed E-state index contributed by atoms with van der Waals surface area (Å²) in [6.07, 6.45) is 0. The number of aliphatic imine (C=N–C) groups is 1. The Labute approximate surface area is 93.1 Å². The molecule has 0 spiro atoms. The molecule has 4 nitrogen and oxygen atoms in total. The number of hydrogen-bond donors (Lipinski definition) is 1. The van der Waals surface area contributed by atoms with Crippen LogP contribution in [0.5, 0.6) is 0 Å². The Morgan fingerprint density at radius 2 is 1.93 bits per heavy atom. The number of nitrogens with two attached hydrogens (primary N) is 1. The highest BCUT2D eigenvalue weighted by molar-refractivity contribution is 5.78. The molecule has 88 valence electrons. The number of nitrogens with zero attached hydrogens (tertiary/aromatic N) is 3. The summed E-state index contributed by atoms with van der Waals surface area (Å²) in [5.74, 6) is 0.686. The van der Waals surface area contributed by atoms with E-state index in [-0.39, 0.29) is 11.6 Å². The topological polar surface area (TPSA) is 44.9 Å². The van der Waals surface area contributed by atoms with Crippen LogP contribution >= 0.6 is 0 Å². The van der Waals surface area contributed by atoms with Gasteiger partial charge in [-0.2, -0.15) is 0 Å². The van der Waals surface area contributed by atoms with E-state index in [1.807, 2.05) is 13.8 Å². The first-order valence-corrected chi connectivity index (χ1v) is 5.62. The fourth-order valence-electron chi connectivity index (χ4n) is 1.78. The predicted octanol–water partition coefficient (Wildman–Crippen LogP) is 0.736. The lowest BCUT2D eigenvalue weighted by molar-refractivity contribution is 0.0736. The van der Waals surface area contributed by atoms with Gasteiger partial charge in [0.1, 0.15) is 0 Å². The Bertz CT molecular complexity index is 245. The normalized spacial score (nSPS) is 23.6. The number of guanidine groups is 1. The van der Waals surface area contributed by atoms with Gasteiger partial charge in [0.25, 0.3) is 0 Å². The minimum Gasteiger partial charge on any atom is -0.370 e. The molecule has 0 unspecified atom stereocenters. The van der Waals surface area contributed by atoms with Crippen LogP contribution < -0.4 is 5.73 Å². The van der Waals surface area contributed by atoms with Gasteiger partial charge in [-0.15, -0.1) is 0 Å². The second kappa shape index (κ2) is 4.39. The van der Waals surface area contributed by atoms with Crippen molar-refractivity contribution in [2.24, 2.45) is 10.7 Å². The van der Waals surface area contributed by atoms with Crippen molar-refractivity contribution in [1.82, 2.24) is 9.80 Å². The summed E-state index contributed by atoms with van der Waals surface area (Å²) in [5, 5.41) is 0. The maximum Gasteiger partial charge on any atom is 0.191 e. The van der Waals surface area contributed by atoms with Gasteiger partial charge >= 0.3 is 0 Å². The fraction of sp³-hybridized carbons (Fsp3) is 0.909. The molecule has 1 rings (SSSR count). The lowest BCUT2D eigenvalue weighted by Crippen LogP contribution is -2.60. The number of likely N-dealkylation sites (N-methyl/N-ethyl adjacent to an activating group) is 1. The summed E-state index contributed by atoms with van der Waals surface area (Å²) >= 11 is 0. The van der Waals surface area contributed by atoms with E-state index in [0.717, 1.165) is 19.6 Å². The van der Waals surface area contributed by atoms with Crippen molar-refractivity contribution < 1.29 is 0 Å². The smallest absolute Gasteiger partial charge is 0.191 e. The van der Waals surface area contributed by atoms with Crippen LogP contribution in [0.2, 0.25) is 0 Å². The molecule has 4 heteroatoms. The number of rotatable bonds is 1. The predicted molar refractivity (Wildman–Crippen MR) is 65.0 cm³/mol. The summed E-state index contributed by atoms with van der Waals surface area (Å²) in [5.41, 5.74) is 6.15. The molecule has 0 aromatic carbocycles. The van der Waals surface area contributed by atoms with Gasteiger partial charge < -0.3 is 10.6 Å². The molecule has 1 fully saturated rings. The Kier molecular flexibility index (Phi) is 3.60. The van der Waals surface area contributed by atoms with E-state index < -0.39 is 0 Å². The van der Waals surface area contributed by atoms with Crippen LogP contribution in [0.25, 0.3) is 0 Å². The third kappa shape index (κ3) is 3.09. The Hall–Kier alpha value is -0.770. The molecular weight excluding hydrogens is 188 g/mol. The van der Waals surface area contributed by atoms with Crippen LogP contribution in [0.3, 0.4) is 0 Å². The SMILES string of the molecule is CC(C)N=C(N)N1CCN(C)C(C)(C)C1. The summed E-state index contributed by atoms with van der Waals surface area (Å²) in [4.78, 5) is 8.94. The summed E-state index contributed by atoms with van der Waals surface area (Å²) in [6, 6.07) is 0.271. The zero-order valence-electron chi connectivity index (χ0n) is 10.6. The average molecular weight is 212 g/mol. The van der Waals surface area contributed by atoms with E-state index in [2.05, 4.69) is 35.7 Å². The molecule has 1 saturated heterocycles. The number of piperazine rings is 1. The van der Waals surface area contributed by atoms with Gasteiger partial charge in [-0.3, -0.25) is 9.89 Å². The van der Waals surface area contributed by atoms with Crippen LogP contribution in [0, 0.1) is 0 Å². The largest absolute Gasteiger partial charge is 0.370 e. The minimum absolute atomic E-state index is 0.176. The summed E-state index contributed by atoms with van der Waals surface area (Å²) in [7, 11) is 2.16. The highest BCUT2D eigenvalue weighted by atomic mass is 15.3. The zero-order chi connectivity index (χ0) is 11.6. The Morgan fingerprint density at radius 3 is 2.40 bits per heavy atom. The quantitative estimate of drug-likeness (QED) is 0.515. The van der Waals surface area contributed by atoms with Crippen LogP contribution in [-0.4, -0.2) is 54.0 Å². The molecule has 0 radical (unpaired) electrons. The van der Waals surface area contributed by atoms with Gasteiger partial charge in [0.15, 0.2) is 5.96 Å². The third-order valence-electron chi connectivity index (χ3n) is 3.03. The number of hydrogen-bond acceptors (Lipinski definition) is 2. The molecular formula is C11H24N4. The van der Waals surface area contributed by atoms with Crippen molar-refractivity contribution in [2.45, 2.75) is 39.3 Å². The first kappa shape index (κ1) is 12.3. The van der Waals surface area contributed by atoms with Crippen LogP contribution in [0.1, 0.15) is 27.7 Å². The molecule has 0 amide bonds. The monoisotopic (exact) mass is 212 g/mol. The van der Waals surface area contributed by atoms with Crippen molar-refractivity contribution >= 4 is 5.96 Å². The van der Waals surface area contributed by atoms with Gasteiger partial charge in [0.05, 0.1) is 0 Å². The van der Waals surface area contributed by atoms with Crippen molar-refractivity contribution in [3.63, 3.8) is 0 Å². The van der Waals surface area contributed by atoms with Crippen molar-refractivity contribution in [2.75, 3.05) is 26.7 Å². The van der Waals surface area contributed by atoms with Crippen molar-refractivity contribution in [1.29, 1.82) is 0 Å². The van der Waals surface area contributed by atoms with Crippen LogP contribution in [0.4, 0.5) is 0 Å². The molecule has 2 N–H and O–H groups in total. The highest BCUT2D eigenvalue weighted by Crippen LogP contribution is 2.18. The summed E-state index contributed by atoms with van der Waals surface area (Å²) in [6.45, 7) is 11.5. The maximum absolute atomic E-state index is 5.97. The standard InChI is InChI=1S/C11H24N4/c1-9(2)13-10(12)15-7-6-14(5)11(3,4)8-15/h9H,6-8H2,1-5H3,(H2,12,13). The van der Waals surface area contributed by atoms with Gasteiger partial charge in [-0.05, 0) is 34.7 Å². The van der Waals surface area contributed by atoms with E-state index in [1.165, 1.54) is 0 Å². The molecule has 0 atom stereocenters. The molecule has 0 aromatic rings. The second-order valence-corrected chi connectivity index (χ2v) is 5.24. The van der Waals surface area contributed by atoms with E-state index in [4.69, 9.17) is 5.73 Å². The fourth-order valence-corrected chi connectivity index (χ4v) is 1.78. The van der Waals surface area contributed by atoms with Crippen molar-refractivity contribution in [3.8, 4) is 0 Å². The second-order valence-electron chi connectivity index (χ2n) is 5.24. The molecule has 0 bridgehead atoms. The Morgan fingerprint density at radius 1 is 1.33 bits per heavy atom. The maximum atomic E-state index is 5.97. The van der Waals surface area contributed by atoms with E-state index in [1.54, 1.807) is 0 Å². The average Bonchev–Trinajstić information content (AvgIpc) is 2.08. The first-order chi connectivity index (χ1) is 6.83. The van der Waals surface area contributed by atoms with Gasteiger partial charge in [-0.25, -0.2) is 0 Å². The molecule has 0 aliphatic carbocycles. The first-order valence-electron chi connectivity index (χ1n) is 5.62. The van der Waals surface area contributed by atoms with Crippen LogP contribution in [0.15, 0.2) is 4.99 Å². The summed E-state index contributed by atoms with van der Waals surface area (Å²) < 4.78 is 0. The van der Waals surface area contributed by atoms with Gasteiger partial charge in [0.2, 0.25) is 0 Å². The molecule has 1 heterocycles. The molecule has 0 saturated carbocycles. The van der Waals surface area contributed by atoms with Crippen LogP contribution in [-0.2, 0) is 0 Å². The van der Waals surface area contributed by atoms with Gasteiger partial charge in [0, 0.05) is 31.2 Å². The molecule has 1 aliphatic rings. The molecule has 15 heavy (non-hydrogen) atoms.